The molecule has 1 rings (SSSR count). The summed E-state index contributed by atoms with van der Waals surface area (Å²) in [6.45, 7) is 9.52. The number of carbonyl (C=O) groups is 1. The van der Waals surface area contributed by atoms with E-state index in [4.69, 9.17) is 4.74 Å². The lowest BCUT2D eigenvalue weighted by molar-refractivity contribution is 0.00422. The number of hydrogen-bond acceptors (Lipinski definition) is 4. The Morgan fingerprint density at radius 1 is 1.50 bits per heavy atom. The van der Waals surface area contributed by atoms with Gasteiger partial charge >= 0.3 is 6.09 Å². The molecular formula is C13H26N2O3. The minimum absolute atomic E-state index is 0.0418. The van der Waals surface area contributed by atoms with E-state index in [0.29, 0.717) is 19.6 Å². The SMILES string of the molecule is CCCC1(CO)CN(C(=O)OC(C)(C)C)CCN1. The Labute approximate surface area is 109 Å². The van der Waals surface area contributed by atoms with Gasteiger partial charge in [0.2, 0.25) is 0 Å². The van der Waals surface area contributed by atoms with E-state index in [9.17, 15) is 9.90 Å². The van der Waals surface area contributed by atoms with Crippen molar-refractivity contribution < 1.29 is 14.6 Å². The largest absolute Gasteiger partial charge is 0.444 e. The third-order valence-electron chi connectivity index (χ3n) is 3.06. The summed E-state index contributed by atoms with van der Waals surface area (Å²) in [6, 6.07) is 0. The van der Waals surface area contributed by atoms with E-state index in [1.54, 1.807) is 4.90 Å². The monoisotopic (exact) mass is 258 g/mol. The molecule has 0 saturated carbocycles. The highest BCUT2D eigenvalue weighted by atomic mass is 16.6. The van der Waals surface area contributed by atoms with Gasteiger partial charge in [-0.3, -0.25) is 0 Å². The molecule has 1 saturated heterocycles. The molecule has 1 unspecified atom stereocenters. The Morgan fingerprint density at radius 3 is 2.67 bits per heavy atom. The number of rotatable bonds is 3. The molecule has 5 heteroatoms. The molecule has 1 amide bonds. The fraction of sp³-hybridized carbons (Fsp3) is 0.923. The van der Waals surface area contributed by atoms with Gasteiger partial charge in [-0.2, -0.15) is 0 Å². The van der Waals surface area contributed by atoms with Gasteiger partial charge in [0, 0.05) is 19.6 Å². The van der Waals surface area contributed by atoms with Crippen LogP contribution in [0.15, 0.2) is 0 Å². The van der Waals surface area contributed by atoms with E-state index >= 15 is 0 Å². The van der Waals surface area contributed by atoms with Crippen molar-refractivity contribution in [3.8, 4) is 0 Å². The molecule has 1 aliphatic heterocycles. The highest BCUT2D eigenvalue weighted by molar-refractivity contribution is 5.68. The summed E-state index contributed by atoms with van der Waals surface area (Å²) in [5, 5.41) is 12.9. The molecule has 1 aliphatic rings. The first-order valence-electron chi connectivity index (χ1n) is 6.66. The second kappa shape index (κ2) is 5.89. The minimum atomic E-state index is -0.478. The zero-order valence-corrected chi connectivity index (χ0v) is 12.0. The lowest BCUT2D eigenvalue weighted by Crippen LogP contribution is -2.63. The first kappa shape index (κ1) is 15.2. The molecule has 0 aromatic carbocycles. The van der Waals surface area contributed by atoms with E-state index < -0.39 is 5.60 Å². The number of carbonyl (C=O) groups excluding carboxylic acids is 1. The van der Waals surface area contributed by atoms with Crippen LogP contribution in [-0.2, 0) is 4.74 Å². The summed E-state index contributed by atoms with van der Waals surface area (Å²) in [4.78, 5) is 13.7. The van der Waals surface area contributed by atoms with Crippen LogP contribution in [-0.4, -0.2) is 53.5 Å². The fourth-order valence-electron chi connectivity index (χ4n) is 2.27. The van der Waals surface area contributed by atoms with E-state index in [2.05, 4.69) is 12.2 Å². The van der Waals surface area contributed by atoms with Crippen LogP contribution in [0, 0.1) is 0 Å². The predicted octanol–water partition coefficient (Wildman–Crippen LogP) is 1.36. The molecule has 0 aromatic heterocycles. The van der Waals surface area contributed by atoms with Gasteiger partial charge in [-0.15, -0.1) is 0 Å². The molecule has 0 aromatic rings. The summed E-state index contributed by atoms with van der Waals surface area (Å²) < 4.78 is 5.37. The maximum absolute atomic E-state index is 12.0. The number of aliphatic hydroxyl groups excluding tert-OH is 1. The van der Waals surface area contributed by atoms with Crippen molar-refractivity contribution in [3.63, 3.8) is 0 Å². The molecule has 1 heterocycles. The maximum Gasteiger partial charge on any atom is 0.410 e. The van der Waals surface area contributed by atoms with Crippen LogP contribution in [0.4, 0.5) is 4.79 Å². The number of ether oxygens (including phenoxy) is 1. The minimum Gasteiger partial charge on any atom is -0.444 e. The van der Waals surface area contributed by atoms with E-state index in [-0.39, 0.29) is 18.2 Å². The number of nitrogens with zero attached hydrogens (tertiary/aromatic N) is 1. The molecule has 106 valence electrons. The lowest BCUT2D eigenvalue weighted by atomic mass is 9.92. The second-order valence-electron chi connectivity index (χ2n) is 6.02. The van der Waals surface area contributed by atoms with Gasteiger partial charge < -0.3 is 20.1 Å². The van der Waals surface area contributed by atoms with Crippen molar-refractivity contribution in [1.82, 2.24) is 10.2 Å². The Balaban J connectivity index is 2.65. The fourth-order valence-corrected chi connectivity index (χ4v) is 2.27. The third-order valence-corrected chi connectivity index (χ3v) is 3.06. The Morgan fingerprint density at radius 2 is 2.17 bits per heavy atom. The first-order valence-corrected chi connectivity index (χ1v) is 6.66. The molecule has 0 spiro atoms. The average molecular weight is 258 g/mol. The molecule has 0 bridgehead atoms. The molecule has 0 radical (unpaired) electrons. The first-order chi connectivity index (χ1) is 8.32. The van der Waals surface area contributed by atoms with Crippen molar-refractivity contribution in [2.24, 2.45) is 0 Å². The molecule has 1 atom stereocenters. The summed E-state index contributed by atoms with van der Waals surface area (Å²) in [5.74, 6) is 0. The van der Waals surface area contributed by atoms with Crippen molar-refractivity contribution in [1.29, 1.82) is 0 Å². The summed E-state index contributed by atoms with van der Waals surface area (Å²) >= 11 is 0. The highest BCUT2D eigenvalue weighted by Gasteiger charge is 2.37. The van der Waals surface area contributed by atoms with Crippen LogP contribution in [0.25, 0.3) is 0 Å². The van der Waals surface area contributed by atoms with Crippen LogP contribution in [0.2, 0.25) is 0 Å². The summed E-state index contributed by atoms with van der Waals surface area (Å²) in [6.07, 6.45) is 1.52. The van der Waals surface area contributed by atoms with Crippen LogP contribution in [0.1, 0.15) is 40.5 Å². The van der Waals surface area contributed by atoms with Gasteiger partial charge in [-0.05, 0) is 27.2 Å². The van der Waals surface area contributed by atoms with Crippen LogP contribution >= 0.6 is 0 Å². The van der Waals surface area contributed by atoms with E-state index in [1.165, 1.54) is 0 Å². The van der Waals surface area contributed by atoms with Crippen LogP contribution in [0.5, 0.6) is 0 Å². The molecule has 5 nitrogen and oxygen atoms in total. The average Bonchev–Trinajstić information content (AvgIpc) is 2.27. The molecule has 18 heavy (non-hydrogen) atoms. The van der Waals surface area contributed by atoms with Gasteiger partial charge in [0.25, 0.3) is 0 Å². The maximum atomic E-state index is 12.0. The van der Waals surface area contributed by atoms with Crippen molar-refractivity contribution in [3.05, 3.63) is 0 Å². The quantitative estimate of drug-likeness (QED) is 0.802. The molecular weight excluding hydrogens is 232 g/mol. The Hall–Kier alpha value is -0.810. The van der Waals surface area contributed by atoms with Crippen LogP contribution < -0.4 is 5.32 Å². The lowest BCUT2D eigenvalue weighted by Gasteiger charge is -2.42. The van der Waals surface area contributed by atoms with Gasteiger partial charge in [0.1, 0.15) is 5.60 Å². The number of piperazine rings is 1. The van der Waals surface area contributed by atoms with Gasteiger partial charge in [0.15, 0.2) is 0 Å². The van der Waals surface area contributed by atoms with Crippen molar-refractivity contribution in [2.45, 2.75) is 51.7 Å². The smallest absolute Gasteiger partial charge is 0.410 e. The standard InChI is InChI=1S/C13H26N2O3/c1-5-6-13(10-16)9-15(8-7-14-13)11(17)18-12(2,3)4/h14,16H,5-10H2,1-4H3. The van der Waals surface area contributed by atoms with Crippen LogP contribution in [0.3, 0.4) is 0 Å². The molecule has 2 N–H and O–H groups in total. The second-order valence-corrected chi connectivity index (χ2v) is 6.02. The number of hydrogen-bond donors (Lipinski definition) is 2. The zero-order valence-electron chi connectivity index (χ0n) is 12.0. The highest BCUT2D eigenvalue weighted by Crippen LogP contribution is 2.19. The third kappa shape index (κ3) is 4.14. The number of amides is 1. The molecule has 0 aliphatic carbocycles. The zero-order chi connectivity index (χ0) is 13.8. The summed E-state index contributed by atoms with van der Waals surface area (Å²) in [7, 11) is 0. The Bertz CT molecular complexity index is 284. The van der Waals surface area contributed by atoms with Gasteiger partial charge in [0.05, 0.1) is 12.1 Å². The van der Waals surface area contributed by atoms with Gasteiger partial charge in [-0.25, -0.2) is 4.79 Å². The molecule has 1 fully saturated rings. The number of aliphatic hydroxyl groups is 1. The van der Waals surface area contributed by atoms with E-state index in [1.807, 2.05) is 20.8 Å². The number of nitrogens with one attached hydrogen (secondary N) is 1. The van der Waals surface area contributed by atoms with Crippen molar-refractivity contribution >= 4 is 6.09 Å². The topological polar surface area (TPSA) is 61.8 Å². The normalized spacial score (nSPS) is 25.1. The van der Waals surface area contributed by atoms with Crippen molar-refractivity contribution in [2.75, 3.05) is 26.2 Å². The predicted molar refractivity (Wildman–Crippen MR) is 70.5 cm³/mol. The van der Waals surface area contributed by atoms with E-state index in [0.717, 1.165) is 12.8 Å². The Kier molecular flexibility index (Phi) is 4.99. The summed E-state index contributed by atoms with van der Waals surface area (Å²) in [5.41, 5.74) is -0.849. The van der Waals surface area contributed by atoms with Gasteiger partial charge in [-0.1, -0.05) is 13.3 Å².